The van der Waals surface area contributed by atoms with Crippen molar-refractivity contribution in [3.8, 4) is 0 Å². The molecule has 0 fully saturated rings. The molecule has 0 saturated carbocycles. The molecular weight excluding hydrogens is 266 g/mol. The Hall–Kier alpha value is -1.72. The molecule has 0 radical (unpaired) electrons. The minimum Gasteiger partial charge on any atom is -0.373 e. The maximum absolute atomic E-state index is 5.88. The second kappa shape index (κ2) is 6.37. The third-order valence-corrected chi connectivity index (χ3v) is 3.45. The number of nitrogens with two attached hydrogens (primary N) is 1. The number of methoxy groups -OCH3 is 1. The Morgan fingerprint density at radius 3 is 2.43 bits per heavy atom. The third-order valence-electron chi connectivity index (χ3n) is 3.45. The Balaban J connectivity index is 2.30. The fourth-order valence-corrected chi connectivity index (χ4v) is 2.41. The largest absolute Gasteiger partial charge is 0.373 e. The SMILES string of the molecule is COC(c1noc(C(CN)c2ccccc2)n1)C(C)(C)C. The van der Waals surface area contributed by atoms with E-state index in [-0.39, 0.29) is 17.4 Å². The third kappa shape index (κ3) is 3.49. The molecule has 0 amide bonds. The lowest BCUT2D eigenvalue weighted by atomic mass is 9.88. The smallest absolute Gasteiger partial charge is 0.235 e. The molecular formula is C16H23N3O2. The van der Waals surface area contributed by atoms with E-state index in [2.05, 4.69) is 30.9 Å². The van der Waals surface area contributed by atoms with E-state index in [9.17, 15) is 0 Å². The molecule has 21 heavy (non-hydrogen) atoms. The fraction of sp³-hybridized carbons (Fsp3) is 0.500. The Kier molecular flexibility index (Phi) is 4.75. The molecule has 114 valence electrons. The molecule has 0 bridgehead atoms. The molecule has 0 aliphatic heterocycles. The van der Waals surface area contributed by atoms with Crippen molar-refractivity contribution in [3.63, 3.8) is 0 Å². The summed E-state index contributed by atoms with van der Waals surface area (Å²) in [5.74, 6) is 1.00. The second-order valence-corrected chi connectivity index (χ2v) is 6.17. The Bertz CT molecular complexity index is 560. The first-order valence-corrected chi connectivity index (χ1v) is 7.08. The fourth-order valence-electron chi connectivity index (χ4n) is 2.41. The molecule has 2 atom stereocenters. The van der Waals surface area contributed by atoms with Gasteiger partial charge in [0.15, 0.2) is 0 Å². The van der Waals surface area contributed by atoms with Crippen LogP contribution >= 0.6 is 0 Å². The normalized spacial score (nSPS) is 14.9. The van der Waals surface area contributed by atoms with Gasteiger partial charge >= 0.3 is 0 Å². The van der Waals surface area contributed by atoms with Gasteiger partial charge in [-0.05, 0) is 11.0 Å². The summed E-state index contributed by atoms with van der Waals surface area (Å²) in [5, 5.41) is 4.08. The number of rotatable bonds is 5. The van der Waals surface area contributed by atoms with Crippen molar-refractivity contribution >= 4 is 0 Å². The predicted octanol–water partition coefficient (Wildman–Crippen LogP) is 2.89. The van der Waals surface area contributed by atoms with Crippen molar-refractivity contribution in [2.24, 2.45) is 11.1 Å². The van der Waals surface area contributed by atoms with E-state index in [1.54, 1.807) is 7.11 Å². The van der Waals surface area contributed by atoms with Crippen LogP contribution in [0.5, 0.6) is 0 Å². The molecule has 5 nitrogen and oxygen atoms in total. The standard InChI is InChI=1S/C16H23N3O2/c1-16(2,3)13(20-4)14-18-15(21-19-14)12(10-17)11-8-6-5-7-9-11/h5-9,12-13H,10,17H2,1-4H3. The van der Waals surface area contributed by atoms with Crippen molar-refractivity contribution in [2.75, 3.05) is 13.7 Å². The summed E-state index contributed by atoms with van der Waals surface area (Å²) < 4.78 is 10.9. The molecule has 0 aliphatic carbocycles. The summed E-state index contributed by atoms with van der Waals surface area (Å²) in [4.78, 5) is 4.51. The van der Waals surface area contributed by atoms with E-state index in [4.69, 9.17) is 15.0 Å². The van der Waals surface area contributed by atoms with Crippen molar-refractivity contribution in [1.29, 1.82) is 0 Å². The lowest BCUT2D eigenvalue weighted by molar-refractivity contribution is 0.00718. The summed E-state index contributed by atoms with van der Waals surface area (Å²) in [5.41, 5.74) is 6.84. The van der Waals surface area contributed by atoms with Gasteiger partial charge in [0.2, 0.25) is 11.7 Å². The molecule has 2 aromatic rings. The van der Waals surface area contributed by atoms with Gasteiger partial charge in [0.1, 0.15) is 6.10 Å². The average molecular weight is 289 g/mol. The zero-order valence-corrected chi connectivity index (χ0v) is 13.0. The highest BCUT2D eigenvalue weighted by Crippen LogP contribution is 2.34. The van der Waals surface area contributed by atoms with Gasteiger partial charge in [-0.2, -0.15) is 4.98 Å². The molecule has 1 aromatic heterocycles. The van der Waals surface area contributed by atoms with E-state index in [1.807, 2.05) is 30.3 Å². The van der Waals surface area contributed by atoms with Gasteiger partial charge in [-0.15, -0.1) is 0 Å². The van der Waals surface area contributed by atoms with E-state index >= 15 is 0 Å². The molecule has 5 heteroatoms. The van der Waals surface area contributed by atoms with Crippen LogP contribution in [-0.4, -0.2) is 23.8 Å². The Morgan fingerprint density at radius 2 is 1.90 bits per heavy atom. The first kappa shape index (κ1) is 15.7. The van der Waals surface area contributed by atoms with Gasteiger partial charge in [-0.3, -0.25) is 0 Å². The summed E-state index contributed by atoms with van der Waals surface area (Å²) in [6.07, 6.45) is -0.218. The van der Waals surface area contributed by atoms with Gasteiger partial charge in [0.25, 0.3) is 0 Å². The number of hydrogen-bond acceptors (Lipinski definition) is 5. The predicted molar refractivity (Wildman–Crippen MR) is 80.8 cm³/mol. The average Bonchev–Trinajstić information content (AvgIpc) is 2.89. The van der Waals surface area contributed by atoms with Crippen LogP contribution < -0.4 is 5.73 Å². The monoisotopic (exact) mass is 289 g/mol. The number of aromatic nitrogens is 2. The Labute approximate surface area is 125 Å². The maximum atomic E-state index is 5.88. The molecule has 2 N–H and O–H groups in total. The van der Waals surface area contributed by atoms with Crippen LogP contribution in [0.25, 0.3) is 0 Å². The number of nitrogens with zero attached hydrogens (tertiary/aromatic N) is 2. The maximum Gasteiger partial charge on any atom is 0.235 e. The second-order valence-electron chi connectivity index (χ2n) is 6.17. The summed E-state index contributed by atoms with van der Waals surface area (Å²) in [6.45, 7) is 6.65. The molecule has 0 saturated heterocycles. The van der Waals surface area contributed by atoms with Gasteiger partial charge in [-0.1, -0.05) is 56.3 Å². The highest BCUT2D eigenvalue weighted by Gasteiger charge is 2.31. The van der Waals surface area contributed by atoms with Crippen LogP contribution in [0.4, 0.5) is 0 Å². The first-order valence-electron chi connectivity index (χ1n) is 7.08. The zero-order valence-electron chi connectivity index (χ0n) is 13.0. The quantitative estimate of drug-likeness (QED) is 0.916. The van der Waals surface area contributed by atoms with Gasteiger partial charge < -0.3 is 15.0 Å². The topological polar surface area (TPSA) is 74.2 Å². The first-order chi connectivity index (χ1) is 9.97. The number of benzene rings is 1. The van der Waals surface area contributed by atoms with Gasteiger partial charge in [0.05, 0.1) is 5.92 Å². The van der Waals surface area contributed by atoms with Crippen LogP contribution in [0.1, 0.15) is 50.1 Å². The van der Waals surface area contributed by atoms with E-state index in [0.29, 0.717) is 18.3 Å². The van der Waals surface area contributed by atoms with Gasteiger partial charge in [0, 0.05) is 13.7 Å². The lowest BCUT2D eigenvalue weighted by Crippen LogP contribution is -2.21. The van der Waals surface area contributed by atoms with Crippen molar-refractivity contribution in [3.05, 3.63) is 47.6 Å². The number of ether oxygens (including phenoxy) is 1. The summed E-state index contributed by atoms with van der Waals surface area (Å²) in [6, 6.07) is 9.94. The minimum absolute atomic E-state index is 0.0927. The highest BCUT2D eigenvalue weighted by molar-refractivity contribution is 5.25. The van der Waals surface area contributed by atoms with Crippen molar-refractivity contribution in [1.82, 2.24) is 10.1 Å². The van der Waals surface area contributed by atoms with Crippen LogP contribution in [0, 0.1) is 5.41 Å². The van der Waals surface area contributed by atoms with Crippen LogP contribution in [-0.2, 0) is 4.74 Å². The zero-order chi connectivity index (χ0) is 15.5. The van der Waals surface area contributed by atoms with Crippen molar-refractivity contribution < 1.29 is 9.26 Å². The van der Waals surface area contributed by atoms with E-state index in [0.717, 1.165) is 5.56 Å². The Morgan fingerprint density at radius 1 is 1.24 bits per heavy atom. The summed E-state index contributed by atoms with van der Waals surface area (Å²) in [7, 11) is 1.66. The van der Waals surface area contributed by atoms with E-state index in [1.165, 1.54) is 0 Å². The van der Waals surface area contributed by atoms with Crippen molar-refractivity contribution in [2.45, 2.75) is 32.8 Å². The van der Waals surface area contributed by atoms with E-state index < -0.39 is 0 Å². The molecule has 2 unspecified atom stereocenters. The highest BCUT2D eigenvalue weighted by atomic mass is 16.5. The lowest BCUT2D eigenvalue weighted by Gasteiger charge is -2.26. The van der Waals surface area contributed by atoms with Gasteiger partial charge in [-0.25, -0.2) is 0 Å². The molecule has 1 heterocycles. The van der Waals surface area contributed by atoms with Crippen LogP contribution in [0.2, 0.25) is 0 Å². The summed E-state index contributed by atoms with van der Waals surface area (Å²) >= 11 is 0. The molecule has 1 aromatic carbocycles. The van der Waals surface area contributed by atoms with Crippen LogP contribution in [0.15, 0.2) is 34.9 Å². The molecule has 0 spiro atoms. The van der Waals surface area contributed by atoms with Crippen LogP contribution in [0.3, 0.4) is 0 Å². The minimum atomic E-state index is -0.218. The molecule has 0 aliphatic rings. The number of hydrogen-bond donors (Lipinski definition) is 1. The molecule has 2 rings (SSSR count).